The maximum atomic E-state index is 12.5. The van der Waals surface area contributed by atoms with Crippen molar-refractivity contribution in [2.75, 3.05) is 13.2 Å². The molecule has 0 radical (unpaired) electrons. The largest absolute Gasteiger partial charge is 0.573 e. The van der Waals surface area contributed by atoms with Crippen LogP contribution in [-0.2, 0) is 21.6 Å². The maximum absolute atomic E-state index is 12.5. The number of carbonyl (C=O) groups excluding carboxylic acids is 1. The molecule has 3 rings (SSSR count). The summed E-state index contributed by atoms with van der Waals surface area (Å²) in [6, 6.07) is 18.6. The van der Waals surface area contributed by atoms with Crippen molar-refractivity contribution < 1.29 is 36.9 Å². The first-order valence-electron chi connectivity index (χ1n) is 11.5. The third kappa shape index (κ3) is 7.66. The number of benzene rings is 3. The molecule has 0 aliphatic carbocycles. The molecule has 192 valence electrons. The molecular weight excluding hydrogens is 473 g/mol. The molecule has 0 amide bonds. The van der Waals surface area contributed by atoms with Gasteiger partial charge in [-0.2, -0.15) is 0 Å². The second kappa shape index (κ2) is 11.4. The number of hydrogen-bond acceptors (Lipinski definition) is 5. The number of hydrogen-bond donors (Lipinski definition) is 0. The highest BCUT2D eigenvalue weighted by molar-refractivity contribution is 5.75. The van der Waals surface area contributed by atoms with Crippen molar-refractivity contribution >= 4 is 5.97 Å². The fourth-order valence-corrected chi connectivity index (χ4v) is 3.44. The van der Waals surface area contributed by atoms with Gasteiger partial charge in [0.25, 0.3) is 0 Å². The molecule has 3 aromatic rings. The molecule has 0 atom stereocenters. The smallest absolute Gasteiger partial charge is 0.484 e. The molecule has 0 saturated carbocycles. The zero-order chi connectivity index (χ0) is 26.3. The molecule has 0 aliphatic heterocycles. The predicted molar refractivity (Wildman–Crippen MR) is 130 cm³/mol. The lowest BCUT2D eigenvalue weighted by Gasteiger charge is -2.20. The molecule has 0 spiro atoms. The molecule has 0 aliphatic rings. The van der Waals surface area contributed by atoms with E-state index in [-0.39, 0.29) is 31.0 Å². The maximum Gasteiger partial charge on any atom is 0.573 e. The lowest BCUT2D eigenvalue weighted by molar-refractivity contribution is -0.274. The van der Waals surface area contributed by atoms with Gasteiger partial charge in [0.2, 0.25) is 0 Å². The lowest BCUT2D eigenvalue weighted by atomic mass is 9.87. The molecule has 0 heterocycles. The summed E-state index contributed by atoms with van der Waals surface area (Å²) in [5, 5.41) is 0. The van der Waals surface area contributed by atoms with Crippen LogP contribution in [0.4, 0.5) is 13.2 Å². The fourth-order valence-electron chi connectivity index (χ4n) is 3.44. The number of carbonyl (C=O) groups is 1. The van der Waals surface area contributed by atoms with E-state index in [4.69, 9.17) is 14.2 Å². The van der Waals surface area contributed by atoms with Crippen LogP contribution in [0.1, 0.15) is 38.8 Å². The van der Waals surface area contributed by atoms with Gasteiger partial charge in [-0.3, -0.25) is 0 Å². The summed E-state index contributed by atoms with van der Waals surface area (Å²) in [5.41, 5.74) is 3.29. The number of halogens is 3. The van der Waals surface area contributed by atoms with Crippen LogP contribution in [-0.4, -0.2) is 25.5 Å². The molecule has 0 N–H and O–H groups in total. The summed E-state index contributed by atoms with van der Waals surface area (Å²) in [6.07, 6.45) is -4.78. The number of esters is 1. The van der Waals surface area contributed by atoms with Gasteiger partial charge in [-0.25, -0.2) is 4.79 Å². The Morgan fingerprint density at radius 1 is 0.861 bits per heavy atom. The average molecular weight is 503 g/mol. The van der Waals surface area contributed by atoms with Crippen molar-refractivity contribution in [1.29, 1.82) is 0 Å². The van der Waals surface area contributed by atoms with Crippen LogP contribution < -0.4 is 14.2 Å². The SMILES string of the molecule is CCOC(=O)COc1cccc(-c2ccc(OC(F)(F)F)cc2)c1OCc1ccc(C(C)(C)C)cc1. The number of alkyl halides is 3. The van der Waals surface area contributed by atoms with E-state index in [0.29, 0.717) is 22.6 Å². The number of rotatable bonds is 9. The summed E-state index contributed by atoms with van der Waals surface area (Å²) in [4.78, 5) is 11.8. The van der Waals surface area contributed by atoms with Gasteiger partial charge in [0.15, 0.2) is 18.1 Å². The van der Waals surface area contributed by atoms with Gasteiger partial charge >= 0.3 is 12.3 Å². The Morgan fingerprint density at radius 2 is 1.53 bits per heavy atom. The Bertz CT molecular complexity index is 1150. The highest BCUT2D eigenvalue weighted by Crippen LogP contribution is 2.39. The van der Waals surface area contributed by atoms with Crippen molar-refractivity contribution in [2.24, 2.45) is 0 Å². The summed E-state index contributed by atoms with van der Waals surface area (Å²) in [7, 11) is 0. The normalized spacial score (nSPS) is 11.6. The molecular formula is C28H29F3O5. The van der Waals surface area contributed by atoms with Gasteiger partial charge in [-0.15, -0.1) is 13.2 Å². The third-order valence-electron chi connectivity index (χ3n) is 5.23. The van der Waals surface area contributed by atoms with Crippen molar-refractivity contribution in [3.63, 3.8) is 0 Å². The van der Waals surface area contributed by atoms with Crippen LogP contribution in [0.2, 0.25) is 0 Å². The Kier molecular flexibility index (Phi) is 8.50. The number of para-hydroxylation sites is 1. The highest BCUT2D eigenvalue weighted by Gasteiger charge is 2.31. The Labute approximate surface area is 208 Å². The van der Waals surface area contributed by atoms with Crippen molar-refractivity contribution in [1.82, 2.24) is 0 Å². The summed E-state index contributed by atoms with van der Waals surface area (Å²) in [6.45, 7) is 8.22. The quantitative estimate of drug-likeness (QED) is 0.293. The average Bonchev–Trinajstić information content (AvgIpc) is 2.81. The van der Waals surface area contributed by atoms with E-state index < -0.39 is 12.3 Å². The minimum atomic E-state index is -4.78. The first-order valence-corrected chi connectivity index (χ1v) is 11.5. The standard InChI is InChI=1S/C28H29F3O5/c1-5-33-25(32)18-34-24-8-6-7-23(20-11-15-22(16-12-20)36-28(29,30)31)26(24)35-17-19-9-13-21(14-10-19)27(2,3)4/h6-16H,5,17-18H2,1-4H3. The van der Waals surface area contributed by atoms with E-state index in [0.717, 1.165) is 5.56 Å². The van der Waals surface area contributed by atoms with Crippen LogP contribution in [0.3, 0.4) is 0 Å². The van der Waals surface area contributed by atoms with Crippen molar-refractivity contribution in [2.45, 2.75) is 46.1 Å². The molecule has 0 saturated heterocycles. The van der Waals surface area contributed by atoms with Crippen LogP contribution in [0.5, 0.6) is 17.2 Å². The van der Waals surface area contributed by atoms with Crippen molar-refractivity contribution in [3.05, 3.63) is 77.9 Å². The van der Waals surface area contributed by atoms with E-state index in [9.17, 15) is 18.0 Å². The fraction of sp³-hybridized carbons (Fsp3) is 0.321. The Balaban J connectivity index is 1.89. The summed E-state index contributed by atoms with van der Waals surface area (Å²) >= 11 is 0. The van der Waals surface area contributed by atoms with Crippen LogP contribution in [0.15, 0.2) is 66.7 Å². The highest BCUT2D eigenvalue weighted by atomic mass is 19.4. The molecule has 0 unspecified atom stereocenters. The monoisotopic (exact) mass is 502 g/mol. The number of ether oxygens (including phenoxy) is 4. The topological polar surface area (TPSA) is 54.0 Å². The van der Waals surface area contributed by atoms with Gasteiger partial charge in [-0.05, 0) is 47.2 Å². The van der Waals surface area contributed by atoms with Gasteiger partial charge in [0, 0.05) is 5.56 Å². The molecule has 0 fully saturated rings. The first kappa shape index (κ1) is 26.9. The Hall–Kier alpha value is -3.68. The van der Waals surface area contributed by atoms with Crippen LogP contribution in [0.25, 0.3) is 11.1 Å². The van der Waals surface area contributed by atoms with E-state index >= 15 is 0 Å². The molecule has 36 heavy (non-hydrogen) atoms. The van der Waals surface area contributed by atoms with E-state index in [1.54, 1.807) is 25.1 Å². The van der Waals surface area contributed by atoms with Gasteiger partial charge in [0.1, 0.15) is 12.4 Å². The predicted octanol–water partition coefficient (Wildman–Crippen LogP) is 7.07. The summed E-state index contributed by atoms with van der Waals surface area (Å²) in [5.74, 6) is -0.198. The van der Waals surface area contributed by atoms with Crippen molar-refractivity contribution in [3.8, 4) is 28.4 Å². The van der Waals surface area contributed by atoms with Crippen LogP contribution in [0, 0.1) is 0 Å². The zero-order valence-electron chi connectivity index (χ0n) is 20.6. The molecule has 8 heteroatoms. The van der Waals surface area contributed by atoms with Gasteiger partial charge in [0.05, 0.1) is 6.61 Å². The minimum absolute atomic E-state index is 0.0160. The summed E-state index contributed by atoms with van der Waals surface area (Å²) < 4.78 is 58.4. The van der Waals surface area contributed by atoms with Gasteiger partial charge in [-0.1, -0.05) is 69.3 Å². The van der Waals surface area contributed by atoms with Crippen LogP contribution >= 0.6 is 0 Å². The van der Waals surface area contributed by atoms with E-state index in [1.165, 1.54) is 29.8 Å². The lowest BCUT2D eigenvalue weighted by Crippen LogP contribution is -2.16. The molecule has 5 nitrogen and oxygen atoms in total. The first-order chi connectivity index (χ1) is 17.0. The minimum Gasteiger partial charge on any atom is -0.484 e. The Morgan fingerprint density at radius 3 is 2.11 bits per heavy atom. The molecule has 0 aromatic heterocycles. The van der Waals surface area contributed by atoms with Gasteiger partial charge < -0.3 is 18.9 Å². The zero-order valence-corrected chi connectivity index (χ0v) is 20.6. The third-order valence-corrected chi connectivity index (χ3v) is 5.23. The molecule has 0 bridgehead atoms. The molecule has 3 aromatic carbocycles. The van der Waals surface area contributed by atoms with E-state index in [2.05, 4.69) is 25.5 Å². The van der Waals surface area contributed by atoms with E-state index in [1.807, 2.05) is 24.3 Å². The second-order valence-electron chi connectivity index (χ2n) is 9.03. The second-order valence-corrected chi connectivity index (χ2v) is 9.03.